The number of rotatable bonds is 5. The van der Waals surface area contributed by atoms with Crippen LogP contribution >= 0.6 is 0 Å². The molecule has 1 aromatic heterocycles. The first-order valence-electron chi connectivity index (χ1n) is 10.2. The van der Waals surface area contributed by atoms with Gasteiger partial charge in [0.15, 0.2) is 11.5 Å². The molecule has 2 aromatic rings. The Morgan fingerprint density at radius 1 is 1.10 bits per heavy atom. The second-order valence-electron chi connectivity index (χ2n) is 7.98. The molecule has 0 bridgehead atoms. The van der Waals surface area contributed by atoms with Crippen molar-refractivity contribution in [2.45, 2.75) is 38.3 Å². The minimum absolute atomic E-state index is 0.0346. The average molecular weight is 396 g/mol. The highest BCUT2D eigenvalue weighted by atomic mass is 16.7. The fourth-order valence-electron chi connectivity index (χ4n) is 3.87. The van der Waals surface area contributed by atoms with E-state index in [4.69, 9.17) is 9.47 Å². The van der Waals surface area contributed by atoms with Crippen LogP contribution in [-0.2, 0) is 6.54 Å². The monoisotopic (exact) mass is 396 g/mol. The van der Waals surface area contributed by atoms with E-state index in [9.17, 15) is 9.59 Å². The van der Waals surface area contributed by atoms with Crippen LogP contribution in [0.15, 0.2) is 35.3 Å². The van der Waals surface area contributed by atoms with Gasteiger partial charge in [0, 0.05) is 37.3 Å². The minimum atomic E-state index is -0.105. The fourth-order valence-corrected chi connectivity index (χ4v) is 3.87. The van der Waals surface area contributed by atoms with Gasteiger partial charge in [-0.25, -0.2) is 4.68 Å². The van der Waals surface area contributed by atoms with Crippen LogP contribution < -0.4 is 25.2 Å². The Morgan fingerprint density at radius 3 is 2.66 bits per heavy atom. The number of carbonyl (C=O) groups is 1. The summed E-state index contributed by atoms with van der Waals surface area (Å²) in [6, 6.07) is 7.02. The third-order valence-electron chi connectivity index (χ3n) is 5.81. The van der Waals surface area contributed by atoms with Gasteiger partial charge >= 0.3 is 0 Å². The van der Waals surface area contributed by atoms with Crippen LogP contribution in [0.25, 0.3) is 0 Å². The maximum absolute atomic E-state index is 12.6. The molecule has 1 aromatic carbocycles. The molecule has 5 rings (SSSR count). The molecule has 0 unspecified atom stereocenters. The Balaban J connectivity index is 1.17. The molecule has 8 heteroatoms. The van der Waals surface area contributed by atoms with Crippen LogP contribution in [0.5, 0.6) is 11.5 Å². The number of nitrogens with one attached hydrogen (secondary N) is 1. The van der Waals surface area contributed by atoms with Crippen molar-refractivity contribution in [3.8, 4) is 11.5 Å². The molecular weight excluding hydrogens is 372 g/mol. The Bertz CT molecular complexity index is 977. The van der Waals surface area contributed by atoms with E-state index in [1.165, 1.54) is 12.8 Å². The third-order valence-corrected chi connectivity index (χ3v) is 5.81. The van der Waals surface area contributed by atoms with E-state index in [1.54, 1.807) is 35.1 Å². The largest absolute Gasteiger partial charge is 0.454 e. The zero-order valence-electron chi connectivity index (χ0n) is 16.2. The van der Waals surface area contributed by atoms with E-state index in [1.807, 2.05) is 0 Å². The lowest BCUT2D eigenvalue weighted by molar-refractivity contribution is 0.0930. The van der Waals surface area contributed by atoms with Crippen LogP contribution in [-0.4, -0.2) is 41.6 Å². The highest BCUT2D eigenvalue weighted by Gasteiger charge is 2.25. The van der Waals surface area contributed by atoms with Crippen LogP contribution in [0.4, 0.5) is 5.69 Å². The van der Waals surface area contributed by atoms with Gasteiger partial charge < -0.3 is 19.7 Å². The summed E-state index contributed by atoms with van der Waals surface area (Å²) in [7, 11) is 0. The normalized spacial score (nSPS) is 18.7. The molecule has 0 radical (unpaired) electrons. The summed E-state index contributed by atoms with van der Waals surface area (Å²) < 4.78 is 12.2. The molecule has 1 aliphatic carbocycles. The van der Waals surface area contributed by atoms with Gasteiger partial charge in [-0.3, -0.25) is 9.59 Å². The molecule has 8 nitrogen and oxygen atoms in total. The molecule has 3 aliphatic rings. The van der Waals surface area contributed by atoms with Crippen molar-refractivity contribution in [3.63, 3.8) is 0 Å². The van der Waals surface area contributed by atoms with Crippen LogP contribution in [0.3, 0.4) is 0 Å². The third kappa shape index (κ3) is 3.92. The molecule has 3 heterocycles. The molecule has 1 saturated heterocycles. The number of anilines is 1. The van der Waals surface area contributed by atoms with Crippen LogP contribution in [0.2, 0.25) is 0 Å². The van der Waals surface area contributed by atoms with Crippen molar-refractivity contribution in [2.75, 3.05) is 24.8 Å². The summed E-state index contributed by atoms with van der Waals surface area (Å²) in [6.45, 7) is 2.48. The molecule has 0 spiro atoms. The Labute approximate surface area is 168 Å². The fraction of sp³-hybridized carbons (Fsp3) is 0.476. The highest BCUT2D eigenvalue weighted by Crippen LogP contribution is 2.32. The first kappa shape index (κ1) is 18.0. The van der Waals surface area contributed by atoms with Gasteiger partial charge in [0.2, 0.25) is 6.79 Å². The van der Waals surface area contributed by atoms with Crippen LogP contribution in [0.1, 0.15) is 36.0 Å². The summed E-state index contributed by atoms with van der Waals surface area (Å²) in [4.78, 5) is 27.0. The minimum Gasteiger partial charge on any atom is -0.454 e. The van der Waals surface area contributed by atoms with Gasteiger partial charge in [-0.15, -0.1) is 0 Å². The standard InChI is InChI=1S/C21H24N4O4/c26-20-10-17(11-22-25(20)12-14-1-2-14)24-7-5-16(6-8-24)23-21(27)15-3-4-18-19(9-15)29-13-28-18/h3-4,9-11,14,16H,1-2,5-8,12-13H2,(H,23,27). The lowest BCUT2D eigenvalue weighted by Crippen LogP contribution is -2.45. The molecule has 29 heavy (non-hydrogen) atoms. The summed E-state index contributed by atoms with van der Waals surface area (Å²) in [5.41, 5.74) is 1.40. The number of nitrogens with zero attached hydrogens (tertiary/aromatic N) is 3. The molecule has 2 fully saturated rings. The first-order chi connectivity index (χ1) is 14.2. The second-order valence-corrected chi connectivity index (χ2v) is 7.98. The number of hydrogen-bond donors (Lipinski definition) is 1. The SMILES string of the molecule is O=C(NC1CCN(c2cnn(CC3CC3)c(=O)c2)CC1)c1ccc2c(c1)OCO2. The Kier molecular flexibility index (Phi) is 4.61. The maximum atomic E-state index is 12.6. The van der Waals surface area contributed by atoms with E-state index in [0.29, 0.717) is 23.0 Å². The van der Waals surface area contributed by atoms with E-state index in [-0.39, 0.29) is 24.3 Å². The average Bonchev–Trinajstić information content (AvgIpc) is 3.43. The van der Waals surface area contributed by atoms with Crippen molar-refractivity contribution < 1.29 is 14.3 Å². The molecule has 2 aliphatic heterocycles. The number of fused-ring (bicyclic) bond motifs is 1. The number of aromatic nitrogens is 2. The zero-order valence-corrected chi connectivity index (χ0v) is 16.2. The number of piperidine rings is 1. The predicted molar refractivity (Wildman–Crippen MR) is 106 cm³/mol. The molecule has 0 atom stereocenters. The molecule has 1 amide bonds. The maximum Gasteiger partial charge on any atom is 0.268 e. The topological polar surface area (TPSA) is 85.7 Å². The van der Waals surface area contributed by atoms with Gasteiger partial charge in [0.1, 0.15) is 0 Å². The van der Waals surface area contributed by atoms with E-state index in [2.05, 4.69) is 15.3 Å². The smallest absolute Gasteiger partial charge is 0.268 e. The van der Waals surface area contributed by atoms with E-state index in [0.717, 1.165) is 38.2 Å². The van der Waals surface area contributed by atoms with Gasteiger partial charge in [0.25, 0.3) is 11.5 Å². The zero-order chi connectivity index (χ0) is 19.8. The molecule has 1 N–H and O–H groups in total. The number of carbonyl (C=O) groups excluding carboxylic acids is 1. The number of benzene rings is 1. The highest BCUT2D eigenvalue weighted by molar-refractivity contribution is 5.95. The Hall–Kier alpha value is -3.03. The van der Waals surface area contributed by atoms with Gasteiger partial charge in [-0.05, 0) is 49.8 Å². The Morgan fingerprint density at radius 2 is 1.90 bits per heavy atom. The van der Waals surface area contributed by atoms with E-state index < -0.39 is 0 Å². The summed E-state index contributed by atoms with van der Waals surface area (Å²) in [6.07, 6.45) is 5.82. The van der Waals surface area contributed by atoms with Crippen molar-refractivity contribution in [1.82, 2.24) is 15.1 Å². The van der Waals surface area contributed by atoms with Gasteiger partial charge in [-0.1, -0.05) is 0 Å². The number of hydrogen-bond acceptors (Lipinski definition) is 6. The van der Waals surface area contributed by atoms with Gasteiger partial charge in [0.05, 0.1) is 11.9 Å². The van der Waals surface area contributed by atoms with Gasteiger partial charge in [-0.2, -0.15) is 5.10 Å². The van der Waals surface area contributed by atoms with Crippen molar-refractivity contribution >= 4 is 11.6 Å². The molecular formula is C21H24N4O4. The van der Waals surface area contributed by atoms with Crippen molar-refractivity contribution in [1.29, 1.82) is 0 Å². The first-order valence-corrected chi connectivity index (χ1v) is 10.2. The summed E-state index contributed by atoms with van der Waals surface area (Å²) in [5, 5.41) is 7.44. The second kappa shape index (κ2) is 7.42. The molecule has 152 valence electrons. The lowest BCUT2D eigenvalue weighted by Gasteiger charge is -2.33. The molecule has 1 saturated carbocycles. The number of ether oxygens (including phenoxy) is 2. The quantitative estimate of drug-likeness (QED) is 0.829. The van der Waals surface area contributed by atoms with Crippen molar-refractivity contribution in [3.05, 3.63) is 46.4 Å². The summed E-state index contributed by atoms with van der Waals surface area (Å²) >= 11 is 0. The predicted octanol–water partition coefficient (Wildman–Crippen LogP) is 1.78. The van der Waals surface area contributed by atoms with E-state index >= 15 is 0 Å². The van der Waals surface area contributed by atoms with Crippen LogP contribution in [0, 0.1) is 5.92 Å². The summed E-state index contributed by atoms with van der Waals surface area (Å²) in [5.74, 6) is 1.79. The lowest BCUT2D eigenvalue weighted by atomic mass is 10.0. The van der Waals surface area contributed by atoms with Crippen molar-refractivity contribution in [2.24, 2.45) is 5.92 Å². The number of amides is 1.